The first kappa shape index (κ1) is 10.9. The maximum absolute atomic E-state index is 10.7. The van der Waals surface area contributed by atoms with E-state index < -0.39 is 5.97 Å². The first-order chi connectivity index (χ1) is 7.58. The van der Waals surface area contributed by atoms with Gasteiger partial charge in [-0.3, -0.25) is 0 Å². The Labute approximate surface area is 101 Å². The summed E-state index contributed by atoms with van der Waals surface area (Å²) in [7, 11) is 0. The normalized spacial score (nSPS) is 10.4. The van der Waals surface area contributed by atoms with Crippen molar-refractivity contribution in [1.29, 1.82) is 0 Å². The number of nitrogens with zero attached hydrogens (tertiary/aromatic N) is 2. The monoisotopic (exact) mass is 280 g/mol. The SMILES string of the molecule is Cc1cc(Br)ccc1-n1cnc(C(=O)O)c1. The number of benzene rings is 1. The Morgan fingerprint density at radius 3 is 2.81 bits per heavy atom. The zero-order valence-corrected chi connectivity index (χ0v) is 10.1. The molecule has 0 amide bonds. The van der Waals surface area contributed by atoms with Crippen LogP contribution in [0.15, 0.2) is 35.2 Å². The zero-order chi connectivity index (χ0) is 11.7. The van der Waals surface area contributed by atoms with E-state index in [0.717, 1.165) is 15.7 Å². The molecule has 1 aromatic carbocycles. The molecule has 0 aliphatic heterocycles. The second-order valence-corrected chi connectivity index (χ2v) is 4.32. The van der Waals surface area contributed by atoms with Crippen molar-refractivity contribution < 1.29 is 9.90 Å². The van der Waals surface area contributed by atoms with Gasteiger partial charge in [-0.05, 0) is 30.7 Å². The van der Waals surface area contributed by atoms with Crippen LogP contribution in [0.1, 0.15) is 16.1 Å². The average Bonchev–Trinajstić information content (AvgIpc) is 2.66. The van der Waals surface area contributed by atoms with Crippen LogP contribution >= 0.6 is 15.9 Å². The molecule has 0 aliphatic carbocycles. The number of rotatable bonds is 2. The van der Waals surface area contributed by atoms with Crippen LogP contribution in [0.25, 0.3) is 5.69 Å². The molecule has 0 fully saturated rings. The maximum atomic E-state index is 10.7. The Hall–Kier alpha value is -1.62. The molecule has 1 N–H and O–H groups in total. The molecule has 0 saturated carbocycles. The van der Waals surface area contributed by atoms with Crippen molar-refractivity contribution in [3.8, 4) is 5.69 Å². The summed E-state index contributed by atoms with van der Waals surface area (Å²) in [5.41, 5.74) is 2.01. The summed E-state index contributed by atoms with van der Waals surface area (Å²) in [6, 6.07) is 5.78. The molecule has 0 unspecified atom stereocenters. The third kappa shape index (κ3) is 1.99. The molecule has 4 nitrogen and oxygen atoms in total. The van der Waals surface area contributed by atoms with Crippen LogP contribution in [0.4, 0.5) is 0 Å². The van der Waals surface area contributed by atoms with E-state index >= 15 is 0 Å². The summed E-state index contributed by atoms with van der Waals surface area (Å²) in [4.78, 5) is 14.5. The van der Waals surface area contributed by atoms with E-state index in [0.29, 0.717) is 0 Å². The first-order valence-electron chi connectivity index (χ1n) is 4.62. The van der Waals surface area contributed by atoms with Gasteiger partial charge in [0.05, 0.1) is 0 Å². The lowest BCUT2D eigenvalue weighted by Crippen LogP contribution is -1.96. The van der Waals surface area contributed by atoms with E-state index in [4.69, 9.17) is 5.11 Å². The quantitative estimate of drug-likeness (QED) is 0.920. The highest BCUT2D eigenvalue weighted by molar-refractivity contribution is 9.10. The Balaban J connectivity index is 2.46. The van der Waals surface area contributed by atoms with Crippen molar-refractivity contribution in [2.75, 3.05) is 0 Å². The standard InChI is InChI=1S/C11H9BrN2O2/c1-7-4-8(12)2-3-10(7)14-5-9(11(15)16)13-6-14/h2-6H,1H3,(H,15,16). The predicted molar refractivity (Wildman–Crippen MR) is 63.0 cm³/mol. The van der Waals surface area contributed by atoms with Crippen LogP contribution in [-0.4, -0.2) is 20.6 Å². The highest BCUT2D eigenvalue weighted by atomic mass is 79.9. The number of hydrogen-bond acceptors (Lipinski definition) is 2. The van der Waals surface area contributed by atoms with Crippen molar-refractivity contribution in [1.82, 2.24) is 9.55 Å². The van der Waals surface area contributed by atoms with Crippen LogP contribution in [0.3, 0.4) is 0 Å². The van der Waals surface area contributed by atoms with Crippen molar-refractivity contribution in [3.63, 3.8) is 0 Å². The predicted octanol–water partition coefficient (Wildman–Crippen LogP) is 2.64. The smallest absolute Gasteiger partial charge is 0.356 e. The Bertz CT molecular complexity index is 549. The molecule has 0 atom stereocenters. The number of carboxylic acid groups (broad SMARTS) is 1. The highest BCUT2D eigenvalue weighted by Gasteiger charge is 2.08. The van der Waals surface area contributed by atoms with Crippen molar-refractivity contribution in [2.24, 2.45) is 0 Å². The van der Waals surface area contributed by atoms with Crippen LogP contribution in [0, 0.1) is 6.92 Å². The van der Waals surface area contributed by atoms with Gasteiger partial charge in [0.25, 0.3) is 0 Å². The van der Waals surface area contributed by atoms with Gasteiger partial charge in [-0.1, -0.05) is 15.9 Å². The van der Waals surface area contributed by atoms with Crippen LogP contribution in [0.2, 0.25) is 0 Å². The fraction of sp³-hybridized carbons (Fsp3) is 0.0909. The molecule has 0 saturated heterocycles. The average molecular weight is 281 g/mol. The summed E-state index contributed by atoms with van der Waals surface area (Å²) < 4.78 is 2.69. The third-order valence-electron chi connectivity index (χ3n) is 2.24. The van der Waals surface area contributed by atoms with E-state index in [1.54, 1.807) is 4.57 Å². The van der Waals surface area contributed by atoms with Gasteiger partial charge in [0, 0.05) is 16.4 Å². The zero-order valence-electron chi connectivity index (χ0n) is 8.51. The third-order valence-corrected chi connectivity index (χ3v) is 2.73. The van der Waals surface area contributed by atoms with E-state index in [9.17, 15) is 4.79 Å². The second-order valence-electron chi connectivity index (χ2n) is 3.40. The Morgan fingerprint density at radius 1 is 1.50 bits per heavy atom. The molecular formula is C11H9BrN2O2. The molecule has 82 valence electrons. The molecular weight excluding hydrogens is 272 g/mol. The minimum absolute atomic E-state index is 0.0438. The van der Waals surface area contributed by atoms with E-state index in [1.165, 1.54) is 12.5 Å². The molecule has 16 heavy (non-hydrogen) atoms. The highest BCUT2D eigenvalue weighted by Crippen LogP contribution is 2.19. The number of aryl methyl sites for hydroxylation is 1. The van der Waals surface area contributed by atoms with Gasteiger partial charge in [-0.15, -0.1) is 0 Å². The van der Waals surface area contributed by atoms with Crippen molar-refractivity contribution in [2.45, 2.75) is 6.92 Å². The number of hydrogen-bond donors (Lipinski definition) is 1. The molecule has 0 radical (unpaired) electrons. The number of carboxylic acids is 1. The number of imidazole rings is 1. The number of aromatic carboxylic acids is 1. The van der Waals surface area contributed by atoms with Gasteiger partial charge < -0.3 is 9.67 Å². The number of carbonyl (C=O) groups is 1. The molecule has 2 aromatic rings. The lowest BCUT2D eigenvalue weighted by Gasteiger charge is -2.06. The van der Waals surface area contributed by atoms with Gasteiger partial charge in [0.15, 0.2) is 5.69 Å². The van der Waals surface area contributed by atoms with Crippen molar-refractivity contribution in [3.05, 3.63) is 46.5 Å². The van der Waals surface area contributed by atoms with Gasteiger partial charge in [0.1, 0.15) is 6.33 Å². The molecule has 0 spiro atoms. The second kappa shape index (κ2) is 4.09. The van der Waals surface area contributed by atoms with Crippen LogP contribution in [0.5, 0.6) is 0 Å². The Kier molecular flexibility index (Phi) is 2.78. The molecule has 5 heteroatoms. The lowest BCUT2D eigenvalue weighted by molar-refractivity contribution is 0.0691. The van der Waals surface area contributed by atoms with E-state index in [1.807, 2.05) is 25.1 Å². The van der Waals surface area contributed by atoms with Crippen LogP contribution in [-0.2, 0) is 0 Å². The Morgan fingerprint density at radius 2 is 2.25 bits per heavy atom. The topological polar surface area (TPSA) is 55.1 Å². The molecule has 1 aromatic heterocycles. The largest absolute Gasteiger partial charge is 0.476 e. The lowest BCUT2D eigenvalue weighted by atomic mass is 10.2. The maximum Gasteiger partial charge on any atom is 0.356 e. The summed E-state index contributed by atoms with van der Waals surface area (Å²) in [5, 5.41) is 8.78. The molecule has 2 rings (SSSR count). The number of halogens is 1. The van der Waals surface area contributed by atoms with Gasteiger partial charge in [-0.25, -0.2) is 9.78 Å². The number of aromatic nitrogens is 2. The van der Waals surface area contributed by atoms with Gasteiger partial charge in [-0.2, -0.15) is 0 Å². The first-order valence-corrected chi connectivity index (χ1v) is 5.41. The van der Waals surface area contributed by atoms with Gasteiger partial charge >= 0.3 is 5.97 Å². The summed E-state index contributed by atoms with van der Waals surface area (Å²) in [6.07, 6.45) is 3.00. The molecule has 0 aliphatic rings. The molecule has 0 bridgehead atoms. The fourth-order valence-corrected chi connectivity index (χ4v) is 1.95. The summed E-state index contributed by atoms with van der Waals surface area (Å²) in [6.45, 7) is 1.96. The minimum atomic E-state index is -1.02. The minimum Gasteiger partial charge on any atom is -0.476 e. The van der Waals surface area contributed by atoms with E-state index in [2.05, 4.69) is 20.9 Å². The van der Waals surface area contributed by atoms with Crippen LogP contribution < -0.4 is 0 Å². The van der Waals surface area contributed by atoms with Gasteiger partial charge in [0.2, 0.25) is 0 Å². The fourth-order valence-electron chi connectivity index (χ4n) is 1.47. The summed E-state index contributed by atoms with van der Waals surface area (Å²) in [5.74, 6) is -1.02. The summed E-state index contributed by atoms with van der Waals surface area (Å²) >= 11 is 3.38. The molecule has 1 heterocycles. The van der Waals surface area contributed by atoms with Crippen molar-refractivity contribution >= 4 is 21.9 Å². The van der Waals surface area contributed by atoms with E-state index in [-0.39, 0.29) is 5.69 Å².